The van der Waals surface area contributed by atoms with Crippen LogP contribution < -0.4 is 0 Å². The monoisotopic (exact) mass is 329 g/mol. The average molecular weight is 329 g/mol. The minimum absolute atomic E-state index is 0.0618. The number of carboxylic acid groups (broad SMARTS) is 2. The summed E-state index contributed by atoms with van der Waals surface area (Å²) in [6, 6.07) is 0. The van der Waals surface area contributed by atoms with Gasteiger partial charge in [0.05, 0.1) is 0 Å². The molecule has 0 amide bonds. The molecule has 1 aliphatic rings. The molecule has 128 valence electrons. The van der Waals surface area contributed by atoms with E-state index in [-0.39, 0.29) is 12.3 Å². The van der Waals surface area contributed by atoms with Crippen LogP contribution in [0.2, 0.25) is 0 Å². The van der Waals surface area contributed by atoms with Gasteiger partial charge in [0.2, 0.25) is 0 Å². The predicted octanol–water partition coefficient (Wildman–Crippen LogP) is 0.522. The van der Waals surface area contributed by atoms with Crippen molar-refractivity contribution in [2.75, 3.05) is 0 Å². The molecule has 0 aromatic heterocycles. The summed E-state index contributed by atoms with van der Waals surface area (Å²) in [5, 5.41) is 37.8. The van der Waals surface area contributed by atoms with Crippen molar-refractivity contribution in [3.8, 4) is 0 Å². The Morgan fingerprint density at radius 2 is 1.41 bits per heavy atom. The molecule has 0 saturated carbocycles. The number of alkyl halides is 3. The van der Waals surface area contributed by atoms with Crippen molar-refractivity contribution in [3.63, 3.8) is 0 Å². The number of aliphatic carboxylic acids is 2. The van der Waals surface area contributed by atoms with Crippen molar-refractivity contribution in [2.24, 2.45) is 23.7 Å². The van der Waals surface area contributed by atoms with E-state index in [1.807, 2.05) is 0 Å². The normalized spacial score (nSPS) is 33.9. The van der Waals surface area contributed by atoms with Crippen LogP contribution in [0, 0.1) is 23.7 Å². The summed E-state index contributed by atoms with van der Waals surface area (Å²) >= 11 is 0. The van der Waals surface area contributed by atoms with Gasteiger partial charge in [-0.3, -0.25) is 9.59 Å². The lowest BCUT2D eigenvalue weighted by Crippen LogP contribution is -2.66. The van der Waals surface area contributed by atoms with Crippen LogP contribution in [-0.4, -0.2) is 56.0 Å². The molecule has 0 aromatic rings. The topological polar surface area (TPSA) is 118 Å². The van der Waals surface area contributed by atoms with Crippen LogP contribution in [0.25, 0.3) is 0 Å². The van der Waals surface area contributed by atoms with Gasteiger partial charge in [0.15, 0.2) is 0 Å². The predicted molar refractivity (Wildman–Crippen MR) is 65.1 cm³/mol. The minimum atomic E-state index is -5.27. The number of hydrogen-bond acceptors (Lipinski definition) is 5. The third kappa shape index (κ3) is 3.50. The molecule has 22 heavy (non-hydrogen) atoms. The molecule has 0 spiro atoms. The lowest BCUT2D eigenvalue weighted by atomic mass is 9.71. The Bertz CT molecular complexity index is 413. The van der Waals surface area contributed by atoms with Crippen molar-refractivity contribution in [2.45, 2.75) is 39.0 Å². The summed E-state index contributed by atoms with van der Waals surface area (Å²) in [7, 11) is 0. The average Bonchev–Trinajstić information content (AvgIpc) is 2.23. The molecular formula is C12H18F3NO6. The first-order valence-electron chi connectivity index (χ1n) is 6.56. The molecule has 1 saturated heterocycles. The fraction of sp³-hybridized carbons (Fsp3) is 0.833. The van der Waals surface area contributed by atoms with Gasteiger partial charge in [-0.25, -0.2) is 0 Å². The summed E-state index contributed by atoms with van der Waals surface area (Å²) in [5.74, 6) is -9.01. The Morgan fingerprint density at radius 3 is 1.64 bits per heavy atom. The van der Waals surface area contributed by atoms with E-state index in [4.69, 9.17) is 10.2 Å². The molecule has 7 nitrogen and oxygen atoms in total. The first-order chi connectivity index (χ1) is 9.89. The summed E-state index contributed by atoms with van der Waals surface area (Å²) < 4.78 is 38.8. The van der Waals surface area contributed by atoms with Crippen molar-refractivity contribution in [1.82, 2.24) is 4.90 Å². The number of aliphatic hydroxyl groups is 2. The van der Waals surface area contributed by atoms with Crippen LogP contribution >= 0.6 is 0 Å². The first kappa shape index (κ1) is 18.7. The zero-order valence-corrected chi connectivity index (χ0v) is 11.9. The van der Waals surface area contributed by atoms with E-state index in [1.54, 1.807) is 13.8 Å². The molecular weight excluding hydrogens is 311 g/mol. The highest BCUT2D eigenvalue weighted by molar-refractivity contribution is 5.76. The van der Waals surface area contributed by atoms with E-state index in [2.05, 4.69) is 0 Å². The maximum Gasteiger partial charge on any atom is 0.464 e. The molecule has 0 bridgehead atoms. The third-order valence-corrected chi connectivity index (χ3v) is 3.74. The van der Waals surface area contributed by atoms with E-state index in [9.17, 15) is 33.0 Å². The van der Waals surface area contributed by atoms with Crippen LogP contribution in [-0.2, 0) is 9.59 Å². The number of carboxylic acids is 2. The van der Waals surface area contributed by atoms with Crippen LogP contribution in [0.5, 0.6) is 0 Å². The van der Waals surface area contributed by atoms with Gasteiger partial charge in [0.1, 0.15) is 24.3 Å². The molecule has 1 aliphatic heterocycles. The molecule has 0 radical (unpaired) electrons. The van der Waals surface area contributed by atoms with Gasteiger partial charge in [0.25, 0.3) is 0 Å². The largest absolute Gasteiger partial charge is 0.481 e. The number of hydrogen-bond donors (Lipinski definition) is 4. The Labute approximate surface area is 124 Å². The molecule has 0 aliphatic carbocycles. The fourth-order valence-electron chi connectivity index (χ4n) is 2.93. The van der Waals surface area contributed by atoms with E-state index in [0.717, 1.165) is 0 Å². The first-order valence-corrected chi connectivity index (χ1v) is 6.56. The van der Waals surface area contributed by atoms with Crippen molar-refractivity contribution in [1.29, 1.82) is 0 Å². The third-order valence-electron chi connectivity index (χ3n) is 3.74. The summed E-state index contributed by atoms with van der Waals surface area (Å²) in [4.78, 5) is 21.7. The Balaban J connectivity index is 3.37. The SMILES string of the molecule is CC(C)CC1C(C(=O)O)C(O)N(C(F)(F)F)C(O)C1C(=O)O. The van der Waals surface area contributed by atoms with Crippen LogP contribution in [0.1, 0.15) is 20.3 Å². The second-order valence-electron chi connectivity index (χ2n) is 5.72. The second kappa shape index (κ2) is 6.39. The standard InChI is InChI=1S/C12H18F3NO6/c1-4(2)3-5-6(10(19)20)8(17)16(12(13,14)15)9(18)7(5)11(21)22/h4-9,17-18H,3H2,1-2H3,(H,19,20)(H,21,22). The highest BCUT2D eigenvalue weighted by Gasteiger charge is 2.60. The van der Waals surface area contributed by atoms with E-state index >= 15 is 0 Å². The minimum Gasteiger partial charge on any atom is -0.481 e. The maximum absolute atomic E-state index is 12.9. The molecule has 1 heterocycles. The van der Waals surface area contributed by atoms with Gasteiger partial charge < -0.3 is 20.4 Å². The smallest absolute Gasteiger partial charge is 0.464 e. The number of nitrogens with zero attached hydrogens (tertiary/aromatic N) is 1. The lowest BCUT2D eigenvalue weighted by Gasteiger charge is -2.47. The molecule has 4 unspecified atom stereocenters. The summed E-state index contributed by atoms with van der Waals surface area (Å²) in [5.41, 5.74) is 0. The van der Waals surface area contributed by atoms with Crippen LogP contribution in [0.3, 0.4) is 0 Å². The highest BCUT2D eigenvalue weighted by Crippen LogP contribution is 2.43. The summed E-state index contributed by atoms with van der Waals surface area (Å²) in [6.45, 7) is 3.26. The number of carbonyl (C=O) groups is 2. The number of likely N-dealkylation sites (tertiary alicyclic amines) is 1. The molecule has 0 aromatic carbocycles. The van der Waals surface area contributed by atoms with Gasteiger partial charge in [-0.15, -0.1) is 0 Å². The van der Waals surface area contributed by atoms with E-state index in [0.29, 0.717) is 0 Å². The van der Waals surface area contributed by atoms with Gasteiger partial charge >= 0.3 is 18.2 Å². The van der Waals surface area contributed by atoms with Gasteiger partial charge in [-0.2, -0.15) is 18.1 Å². The van der Waals surface area contributed by atoms with Gasteiger partial charge in [-0.1, -0.05) is 13.8 Å². The zero-order chi connectivity index (χ0) is 17.4. The molecule has 1 fully saturated rings. The summed E-state index contributed by atoms with van der Waals surface area (Å²) in [6.07, 6.45) is -10.5. The van der Waals surface area contributed by atoms with E-state index < -0.39 is 53.3 Å². The van der Waals surface area contributed by atoms with Crippen LogP contribution in [0.4, 0.5) is 13.2 Å². The fourth-order valence-corrected chi connectivity index (χ4v) is 2.93. The van der Waals surface area contributed by atoms with Gasteiger partial charge in [0, 0.05) is 0 Å². The zero-order valence-electron chi connectivity index (χ0n) is 11.9. The Kier molecular flexibility index (Phi) is 5.42. The second-order valence-corrected chi connectivity index (χ2v) is 5.72. The Hall–Kier alpha value is -1.39. The van der Waals surface area contributed by atoms with Crippen molar-refractivity contribution < 1.29 is 43.2 Å². The molecule has 4 atom stereocenters. The van der Waals surface area contributed by atoms with Crippen LogP contribution in [0.15, 0.2) is 0 Å². The molecule has 4 N–H and O–H groups in total. The quantitative estimate of drug-likeness (QED) is 0.555. The number of piperidine rings is 1. The lowest BCUT2D eigenvalue weighted by molar-refractivity contribution is -0.353. The number of aliphatic hydroxyl groups excluding tert-OH is 2. The Morgan fingerprint density at radius 1 is 1.05 bits per heavy atom. The molecule has 10 heteroatoms. The van der Waals surface area contributed by atoms with Crippen molar-refractivity contribution in [3.05, 3.63) is 0 Å². The van der Waals surface area contributed by atoms with Crippen molar-refractivity contribution >= 4 is 11.9 Å². The number of halogens is 3. The van der Waals surface area contributed by atoms with E-state index in [1.165, 1.54) is 0 Å². The number of rotatable bonds is 4. The maximum atomic E-state index is 12.9. The molecule has 1 rings (SSSR count). The van der Waals surface area contributed by atoms with Gasteiger partial charge in [-0.05, 0) is 18.3 Å². The highest BCUT2D eigenvalue weighted by atomic mass is 19.4.